The van der Waals surface area contributed by atoms with E-state index in [1.165, 1.54) is 30.5 Å². The molecule has 0 aromatic heterocycles. The van der Waals surface area contributed by atoms with Gasteiger partial charge >= 0.3 is 0 Å². The van der Waals surface area contributed by atoms with Crippen molar-refractivity contribution in [2.24, 2.45) is 11.8 Å². The predicted molar refractivity (Wildman–Crippen MR) is 75.2 cm³/mol. The molecule has 2 nitrogen and oxygen atoms in total. The lowest BCUT2D eigenvalue weighted by Gasteiger charge is -2.32. The van der Waals surface area contributed by atoms with Crippen molar-refractivity contribution in [1.29, 1.82) is 0 Å². The second-order valence-corrected chi connectivity index (χ2v) is 6.18. The minimum Gasteiger partial charge on any atom is -0.493 e. The third-order valence-corrected chi connectivity index (χ3v) is 4.24. The molecule has 1 aromatic rings. The highest BCUT2D eigenvalue weighted by Gasteiger charge is 2.24. The summed E-state index contributed by atoms with van der Waals surface area (Å²) >= 11 is 0. The Bertz CT molecular complexity index is 419. The highest BCUT2D eigenvalue weighted by Crippen LogP contribution is 2.32. The quantitative estimate of drug-likeness (QED) is 0.854. The summed E-state index contributed by atoms with van der Waals surface area (Å²) in [4.78, 5) is 0. The minimum atomic E-state index is 0.643. The number of nitrogens with one attached hydrogen (secondary N) is 1. The predicted octanol–water partition coefficient (Wildman–Crippen LogP) is 3.86. The second-order valence-electron chi connectivity index (χ2n) is 6.18. The summed E-state index contributed by atoms with van der Waals surface area (Å²) in [5.41, 5.74) is 2.63. The van der Waals surface area contributed by atoms with E-state index in [0.29, 0.717) is 6.04 Å². The Balaban J connectivity index is 1.69. The summed E-state index contributed by atoms with van der Waals surface area (Å²) in [5.74, 6) is 2.78. The molecule has 1 aliphatic carbocycles. The lowest BCUT2D eigenvalue weighted by atomic mass is 9.80. The smallest absolute Gasteiger partial charge is 0.122 e. The Kier molecular flexibility index (Phi) is 3.19. The molecule has 3 rings (SSSR count). The fourth-order valence-electron chi connectivity index (χ4n) is 3.58. The van der Waals surface area contributed by atoms with E-state index >= 15 is 0 Å². The van der Waals surface area contributed by atoms with Crippen LogP contribution in [0.3, 0.4) is 0 Å². The van der Waals surface area contributed by atoms with Crippen LogP contribution >= 0.6 is 0 Å². The summed E-state index contributed by atoms with van der Waals surface area (Å²) in [6, 6.07) is 7.19. The van der Waals surface area contributed by atoms with Crippen LogP contribution in [0.5, 0.6) is 5.75 Å². The normalized spacial score (nSPS) is 30.7. The third kappa shape index (κ3) is 2.47. The number of fused-ring (bicyclic) bond motifs is 1. The van der Waals surface area contributed by atoms with E-state index in [2.05, 4.69) is 37.4 Å². The van der Waals surface area contributed by atoms with Crippen LogP contribution < -0.4 is 10.1 Å². The van der Waals surface area contributed by atoms with Gasteiger partial charge in [-0.3, -0.25) is 0 Å². The Hall–Kier alpha value is -1.18. The lowest BCUT2D eigenvalue weighted by molar-refractivity contribution is 0.281. The molecule has 1 saturated carbocycles. The Morgan fingerprint density at radius 1 is 1.11 bits per heavy atom. The SMILES string of the molecule is CC1CC(C)CC(Nc2ccc3c(c2)CCO3)C1. The number of anilines is 1. The van der Waals surface area contributed by atoms with Crippen molar-refractivity contribution in [1.82, 2.24) is 0 Å². The fraction of sp³-hybridized carbons (Fsp3) is 0.625. The number of hydrogen-bond acceptors (Lipinski definition) is 2. The van der Waals surface area contributed by atoms with Gasteiger partial charge in [-0.15, -0.1) is 0 Å². The van der Waals surface area contributed by atoms with Crippen molar-refractivity contribution >= 4 is 5.69 Å². The highest BCUT2D eigenvalue weighted by atomic mass is 16.5. The Morgan fingerprint density at radius 2 is 1.89 bits per heavy atom. The van der Waals surface area contributed by atoms with Crippen LogP contribution in [-0.2, 0) is 6.42 Å². The van der Waals surface area contributed by atoms with Crippen LogP contribution in [0.4, 0.5) is 5.69 Å². The molecule has 0 amide bonds. The molecule has 0 saturated heterocycles. The zero-order chi connectivity index (χ0) is 12.5. The molecule has 2 unspecified atom stereocenters. The second kappa shape index (κ2) is 4.83. The molecule has 0 spiro atoms. The summed E-state index contributed by atoms with van der Waals surface area (Å²) in [5, 5.41) is 3.72. The van der Waals surface area contributed by atoms with E-state index in [0.717, 1.165) is 30.6 Å². The maximum absolute atomic E-state index is 5.55. The van der Waals surface area contributed by atoms with E-state index < -0.39 is 0 Å². The fourth-order valence-corrected chi connectivity index (χ4v) is 3.58. The number of ether oxygens (including phenoxy) is 1. The van der Waals surface area contributed by atoms with Crippen molar-refractivity contribution in [3.05, 3.63) is 23.8 Å². The molecule has 1 aromatic carbocycles. The molecule has 18 heavy (non-hydrogen) atoms. The van der Waals surface area contributed by atoms with Gasteiger partial charge in [0.05, 0.1) is 6.61 Å². The zero-order valence-corrected chi connectivity index (χ0v) is 11.4. The van der Waals surface area contributed by atoms with Crippen molar-refractivity contribution in [2.75, 3.05) is 11.9 Å². The molecule has 1 heterocycles. The van der Waals surface area contributed by atoms with Crippen molar-refractivity contribution < 1.29 is 4.74 Å². The highest BCUT2D eigenvalue weighted by molar-refractivity contribution is 5.53. The van der Waals surface area contributed by atoms with Gasteiger partial charge in [0, 0.05) is 18.2 Å². The van der Waals surface area contributed by atoms with Crippen molar-refractivity contribution in [3.8, 4) is 5.75 Å². The molecule has 1 fully saturated rings. The molecule has 2 heteroatoms. The number of hydrogen-bond donors (Lipinski definition) is 1. The maximum Gasteiger partial charge on any atom is 0.122 e. The van der Waals surface area contributed by atoms with Gasteiger partial charge in [-0.05, 0) is 54.9 Å². The first kappa shape index (κ1) is 11.9. The Morgan fingerprint density at radius 3 is 2.67 bits per heavy atom. The lowest BCUT2D eigenvalue weighted by Crippen LogP contribution is -2.30. The largest absolute Gasteiger partial charge is 0.493 e. The summed E-state index contributed by atoms with van der Waals surface area (Å²) in [6.07, 6.45) is 5.05. The first-order chi connectivity index (χ1) is 8.70. The van der Waals surface area contributed by atoms with Crippen LogP contribution in [0.25, 0.3) is 0 Å². The first-order valence-electron chi connectivity index (χ1n) is 7.23. The monoisotopic (exact) mass is 245 g/mol. The van der Waals surface area contributed by atoms with Gasteiger partial charge in [0.25, 0.3) is 0 Å². The van der Waals surface area contributed by atoms with E-state index in [-0.39, 0.29) is 0 Å². The van der Waals surface area contributed by atoms with Crippen LogP contribution in [0.1, 0.15) is 38.7 Å². The average molecular weight is 245 g/mol. The molecular formula is C16H23NO. The minimum absolute atomic E-state index is 0.643. The summed E-state index contributed by atoms with van der Waals surface area (Å²) < 4.78 is 5.55. The molecule has 1 aliphatic heterocycles. The Labute approximate surface area is 110 Å². The van der Waals surface area contributed by atoms with Gasteiger partial charge < -0.3 is 10.1 Å². The number of benzene rings is 1. The average Bonchev–Trinajstić information content (AvgIpc) is 2.74. The molecule has 2 aliphatic rings. The van der Waals surface area contributed by atoms with E-state index in [1.807, 2.05) is 0 Å². The molecule has 98 valence electrons. The van der Waals surface area contributed by atoms with Gasteiger partial charge in [0.1, 0.15) is 5.75 Å². The maximum atomic E-state index is 5.55. The van der Waals surface area contributed by atoms with E-state index in [1.54, 1.807) is 0 Å². The molecule has 0 bridgehead atoms. The van der Waals surface area contributed by atoms with E-state index in [9.17, 15) is 0 Å². The molecule has 0 radical (unpaired) electrons. The molecule has 1 N–H and O–H groups in total. The first-order valence-corrected chi connectivity index (χ1v) is 7.23. The molecular weight excluding hydrogens is 222 g/mol. The third-order valence-electron chi connectivity index (χ3n) is 4.24. The van der Waals surface area contributed by atoms with E-state index in [4.69, 9.17) is 4.74 Å². The zero-order valence-electron chi connectivity index (χ0n) is 11.4. The number of rotatable bonds is 2. The molecule has 2 atom stereocenters. The van der Waals surface area contributed by atoms with Gasteiger partial charge in [-0.25, -0.2) is 0 Å². The summed E-state index contributed by atoms with van der Waals surface area (Å²) in [7, 11) is 0. The van der Waals surface area contributed by atoms with Gasteiger partial charge in [-0.1, -0.05) is 13.8 Å². The van der Waals surface area contributed by atoms with Crippen molar-refractivity contribution in [3.63, 3.8) is 0 Å². The van der Waals surface area contributed by atoms with Crippen molar-refractivity contribution in [2.45, 2.75) is 45.6 Å². The standard InChI is InChI=1S/C16H23NO/c1-11-7-12(2)9-15(8-11)17-14-3-4-16-13(10-14)5-6-18-16/h3-4,10-12,15,17H,5-9H2,1-2H3. The van der Waals surface area contributed by atoms with Crippen LogP contribution in [0, 0.1) is 11.8 Å². The summed E-state index contributed by atoms with van der Waals surface area (Å²) in [6.45, 7) is 5.60. The van der Waals surface area contributed by atoms with Crippen LogP contribution in [0.2, 0.25) is 0 Å². The van der Waals surface area contributed by atoms with Crippen LogP contribution in [0.15, 0.2) is 18.2 Å². The van der Waals surface area contributed by atoms with Crippen LogP contribution in [-0.4, -0.2) is 12.6 Å². The van der Waals surface area contributed by atoms with Gasteiger partial charge in [0.2, 0.25) is 0 Å². The topological polar surface area (TPSA) is 21.3 Å². The van der Waals surface area contributed by atoms with Gasteiger partial charge in [-0.2, -0.15) is 0 Å². The van der Waals surface area contributed by atoms with Gasteiger partial charge in [0.15, 0.2) is 0 Å².